The van der Waals surface area contributed by atoms with Gasteiger partial charge in [0, 0.05) is 12.0 Å². The lowest BCUT2D eigenvalue weighted by molar-refractivity contribution is -0.129. The van der Waals surface area contributed by atoms with Crippen molar-refractivity contribution in [3.8, 4) is 0 Å². The Hall–Kier alpha value is -1.58. The SMILES string of the molecule is C=CC(=O)N1Cc2cc(C(C)C(C)C)nn2CC1C. The van der Waals surface area contributed by atoms with Gasteiger partial charge in [-0.2, -0.15) is 5.10 Å². The first kappa shape index (κ1) is 13.8. The Balaban J connectivity index is 2.25. The Kier molecular flexibility index (Phi) is 3.78. The molecule has 1 aromatic rings. The molecule has 0 N–H and O–H groups in total. The highest BCUT2D eigenvalue weighted by atomic mass is 16.2. The molecule has 0 saturated heterocycles. The molecule has 2 heterocycles. The maximum absolute atomic E-state index is 11.8. The fourth-order valence-electron chi connectivity index (χ4n) is 2.42. The Labute approximate surface area is 115 Å². The van der Waals surface area contributed by atoms with Crippen molar-refractivity contribution >= 4 is 5.91 Å². The van der Waals surface area contributed by atoms with Gasteiger partial charge in [0.05, 0.1) is 24.5 Å². The fraction of sp³-hybridized carbons (Fsp3) is 0.600. The summed E-state index contributed by atoms with van der Waals surface area (Å²) in [6.07, 6.45) is 1.39. The van der Waals surface area contributed by atoms with Crippen LogP contribution in [0, 0.1) is 5.92 Å². The molecule has 2 rings (SSSR count). The zero-order valence-corrected chi connectivity index (χ0v) is 12.3. The molecular weight excluding hydrogens is 238 g/mol. The molecular formula is C15H23N3O. The number of carbonyl (C=O) groups excluding carboxylic acids is 1. The summed E-state index contributed by atoms with van der Waals surface area (Å²) in [5.41, 5.74) is 2.25. The van der Waals surface area contributed by atoms with Crippen molar-refractivity contribution in [2.75, 3.05) is 0 Å². The summed E-state index contributed by atoms with van der Waals surface area (Å²) >= 11 is 0. The largest absolute Gasteiger partial charge is 0.329 e. The smallest absolute Gasteiger partial charge is 0.246 e. The van der Waals surface area contributed by atoms with Crippen molar-refractivity contribution < 1.29 is 4.79 Å². The molecule has 0 aliphatic carbocycles. The Bertz CT molecular complexity index is 490. The number of carbonyl (C=O) groups is 1. The van der Waals surface area contributed by atoms with Gasteiger partial charge in [-0.25, -0.2) is 0 Å². The van der Waals surface area contributed by atoms with Crippen LogP contribution in [0.5, 0.6) is 0 Å². The van der Waals surface area contributed by atoms with Crippen molar-refractivity contribution in [1.29, 1.82) is 0 Å². The molecule has 0 radical (unpaired) electrons. The molecule has 1 aliphatic heterocycles. The third-order valence-electron chi connectivity index (χ3n) is 4.11. The van der Waals surface area contributed by atoms with Gasteiger partial charge in [-0.1, -0.05) is 27.4 Å². The Morgan fingerprint density at radius 3 is 2.79 bits per heavy atom. The minimum absolute atomic E-state index is 0.00147. The van der Waals surface area contributed by atoms with Crippen molar-refractivity contribution in [1.82, 2.24) is 14.7 Å². The Morgan fingerprint density at radius 2 is 2.21 bits per heavy atom. The van der Waals surface area contributed by atoms with E-state index in [1.54, 1.807) is 0 Å². The summed E-state index contributed by atoms with van der Waals surface area (Å²) in [5, 5.41) is 4.69. The lowest BCUT2D eigenvalue weighted by atomic mass is 9.95. The third kappa shape index (κ3) is 2.57. The molecule has 4 nitrogen and oxygen atoms in total. The van der Waals surface area contributed by atoms with E-state index in [4.69, 9.17) is 5.10 Å². The van der Waals surface area contributed by atoms with Gasteiger partial charge in [0.25, 0.3) is 0 Å². The second-order valence-electron chi connectivity index (χ2n) is 5.79. The molecule has 0 bridgehead atoms. The quantitative estimate of drug-likeness (QED) is 0.784. The van der Waals surface area contributed by atoms with Crippen LogP contribution in [-0.4, -0.2) is 26.6 Å². The minimum atomic E-state index is -0.00147. The van der Waals surface area contributed by atoms with E-state index in [1.807, 2.05) is 9.58 Å². The van der Waals surface area contributed by atoms with Gasteiger partial charge in [-0.3, -0.25) is 9.48 Å². The van der Waals surface area contributed by atoms with Crippen LogP contribution in [0.2, 0.25) is 0 Å². The molecule has 0 aromatic carbocycles. The van der Waals surface area contributed by atoms with Crippen molar-refractivity contribution in [3.05, 3.63) is 30.1 Å². The molecule has 0 saturated carbocycles. The number of nitrogens with zero attached hydrogens (tertiary/aromatic N) is 3. The van der Waals surface area contributed by atoms with Gasteiger partial charge < -0.3 is 4.90 Å². The van der Waals surface area contributed by atoms with Crippen LogP contribution < -0.4 is 0 Å². The van der Waals surface area contributed by atoms with Crippen LogP contribution in [-0.2, 0) is 17.9 Å². The van der Waals surface area contributed by atoms with E-state index < -0.39 is 0 Å². The standard InChI is InChI=1S/C15H23N3O/c1-6-15(19)17-9-13-7-14(12(5)10(2)3)16-18(13)8-11(17)4/h6-7,10-12H,1,8-9H2,2-5H3. The zero-order chi connectivity index (χ0) is 14.2. The normalized spacial score (nSPS) is 20.3. The number of hydrogen-bond acceptors (Lipinski definition) is 2. The third-order valence-corrected chi connectivity index (χ3v) is 4.11. The predicted molar refractivity (Wildman–Crippen MR) is 75.7 cm³/mol. The van der Waals surface area contributed by atoms with Crippen molar-refractivity contribution in [2.45, 2.75) is 52.7 Å². The Morgan fingerprint density at radius 1 is 1.53 bits per heavy atom. The van der Waals surface area contributed by atoms with Gasteiger partial charge in [-0.05, 0) is 25.0 Å². The first-order chi connectivity index (χ1) is 8.93. The lowest BCUT2D eigenvalue weighted by Gasteiger charge is -2.33. The van der Waals surface area contributed by atoms with E-state index in [9.17, 15) is 4.79 Å². The van der Waals surface area contributed by atoms with Crippen LogP contribution >= 0.6 is 0 Å². The summed E-state index contributed by atoms with van der Waals surface area (Å²) in [6, 6.07) is 2.31. The summed E-state index contributed by atoms with van der Waals surface area (Å²) in [5.74, 6) is 1.01. The van der Waals surface area contributed by atoms with E-state index >= 15 is 0 Å². The van der Waals surface area contributed by atoms with E-state index in [0.29, 0.717) is 18.4 Å². The fourth-order valence-corrected chi connectivity index (χ4v) is 2.42. The molecule has 2 unspecified atom stereocenters. The average Bonchev–Trinajstić information content (AvgIpc) is 2.78. The van der Waals surface area contributed by atoms with Crippen LogP contribution in [0.4, 0.5) is 0 Å². The number of fused-ring (bicyclic) bond motifs is 1. The molecule has 0 fully saturated rings. The van der Waals surface area contributed by atoms with Gasteiger partial charge in [0.1, 0.15) is 0 Å². The minimum Gasteiger partial charge on any atom is -0.329 e. The second kappa shape index (κ2) is 5.19. The van der Waals surface area contributed by atoms with Crippen molar-refractivity contribution in [2.24, 2.45) is 5.92 Å². The summed E-state index contributed by atoms with van der Waals surface area (Å²) < 4.78 is 2.05. The first-order valence-corrected chi connectivity index (χ1v) is 6.93. The van der Waals surface area contributed by atoms with E-state index in [2.05, 4.69) is 40.3 Å². The maximum atomic E-state index is 11.8. The van der Waals surface area contributed by atoms with Crippen LogP contribution in [0.1, 0.15) is 45.0 Å². The van der Waals surface area contributed by atoms with Crippen LogP contribution in [0.25, 0.3) is 0 Å². The van der Waals surface area contributed by atoms with Crippen LogP contribution in [0.15, 0.2) is 18.7 Å². The van der Waals surface area contributed by atoms with E-state index in [1.165, 1.54) is 6.08 Å². The number of hydrogen-bond donors (Lipinski definition) is 0. The molecule has 2 atom stereocenters. The van der Waals surface area contributed by atoms with Gasteiger partial charge in [0.2, 0.25) is 5.91 Å². The first-order valence-electron chi connectivity index (χ1n) is 6.93. The molecule has 1 amide bonds. The predicted octanol–water partition coefficient (Wildman–Crippen LogP) is 2.56. The van der Waals surface area contributed by atoms with Gasteiger partial charge in [0.15, 0.2) is 0 Å². The van der Waals surface area contributed by atoms with E-state index in [-0.39, 0.29) is 11.9 Å². The molecule has 104 valence electrons. The highest BCUT2D eigenvalue weighted by Gasteiger charge is 2.27. The van der Waals surface area contributed by atoms with Gasteiger partial charge in [-0.15, -0.1) is 0 Å². The highest BCUT2D eigenvalue weighted by Crippen LogP contribution is 2.26. The van der Waals surface area contributed by atoms with Crippen molar-refractivity contribution in [3.63, 3.8) is 0 Å². The number of rotatable bonds is 3. The molecule has 19 heavy (non-hydrogen) atoms. The lowest BCUT2D eigenvalue weighted by Crippen LogP contribution is -2.44. The van der Waals surface area contributed by atoms with Crippen LogP contribution in [0.3, 0.4) is 0 Å². The average molecular weight is 261 g/mol. The summed E-state index contributed by atoms with van der Waals surface area (Å²) in [4.78, 5) is 13.7. The zero-order valence-electron chi connectivity index (χ0n) is 12.3. The van der Waals surface area contributed by atoms with Gasteiger partial charge >= 0.3 is 0 Å². The maximum Gasteiger partial charge on any atom is 0.246 e. The summed E-state index contributed by atoms with van der Waals surface area (Å²) in [6.45, 7) is 13.6. The molecule has 1 aromatic heterocycles. The topological polar surface area (TPSA) is 38.1 Å². The summed E-state index contributed by atoms with van der Waals surface area (Å²) in [7, 11) is 0. The van der Waals surface area contributed by atoms with E-state index in [0.717, 1.165) is 17.9 Å². The molecule has 4 heteroatoms. The second-order valence-corrected chi connectivity index (χ2v) is 5.79. The number of amides is 1. The molecule has 1 aliphatic rings. The molecule has 0 spiro atoms. The highest BCUT2D eigenvalue weighted by molar-refractivity contribution is 5.87. The number of aromatic nitrogens is 2. The monoisotopic (exact) mass is 261 g/mol.